The van der Waals surface area contributed by atoms with Crippen molar-refractivity contribution in [2.24, 2.45) is 0 Å². The van der Waals surface area contributed by atoms with Crippen molar-refractivity contribution < 1.29 is 14.3 Å². The van der Waals surface area contributed by atoms with E-state index in [2.05, 4.69) is 9.97 Å². The molecule has 0 atom stereocenters. The van der Waals surface area contributed by atoms with Crippen molar-refractivity contribution >= 4 is 5.97 Å². The number of ether oxygens (including phenoxy) is 2. The van der Waals surface area contributed by atoms with E-state index in [0.29, 0.717) is 6.61 Å². The monoisotopic (exact) mass is 210 g/mol. The summed E-state index contributed by atoms with van der Waals surface area (Å²) in [5.41, 5.74) is 0.211. The second-order valence-corrected chi connectivity index (χ2v) is 3.11. The van der Waals surface area contributed by atoms with E-state index in [0.717, 1.165) is 0 Å². The van der Waals surface area contributed by atoms with Gasteiger partial charge in [-0.15, -0.1) is 0 Å². The normalized spacial score (nSPS) is 10.1. The van der Waals surface area contributed by atoms with Crippen LogP contribution in [0.1, 0.15) is 31.3 Å². The second-order valence-electron chi connectivity index (χ2n) is 3.11. The predicted octanol–water partition coefficient (Wildman–Crippen LogP) is 1.44. The van der Waals surface area contributed by atoms with E-state index in [4.69, 9.17) is 9.47 Å². The van der Waals surface area contributed by atoms with Gasteiger partial charge in [0.15, 0.2) is 5.69 Å². The molecule has 0 saturated carbocycles. The van der Waals surface area contributed by atoms with Gasteiger partial charge < -0.3 is 9.47 Å². The first-order chi connectivity index (χ1) is 7.13. The smallest absolute Gasteiger partial charge is 0.357 e. The molecular formula is C10H14N2O3. The molecule has 1 rings (SSSR count). The van der Waals surface area contributed by atoms with E-state index >= 15 is 0 Å². The summed E-state index contributed by atoms with van der Waals surface area (Å²) in [6.45, 7) is 5.79. The standard InChI is InChI=1S/C10H14N2O3/c1-4-14-9(13)8-5-6-11-10(12-8)15-7(2)3/h5-7H,4H2,1-3H3. The van der Waals surface area contributed by atoms with Gasteiger partial charge in [-0.1, -0.05) is 0 Å². The zero-order chi connectivity index (χ0) is 11.3. The van der Waals surface area contributed by atoms with Gasteiger partial charge in [-0.3, -0.25) is 0 Å². The number of hydrogen-bond acceptors (Lipinski definition) is 5. The van der Waals surface area contributed by atoms with Crippen LogP contribution in [0, 0.1) is 0 Å². The third kappa shape index (κ3) is 3.53. The van der Waals surface area contributed by atoms with Crippen molar-refractivity contribution in [2.75, 3.05) is 6.61 Å². The average molecular weight is 210 g/mol. The van der Waals surface area contributed by atoms with Crippen molar-refractivity contribution in [3.8, 4) is 6.01 Å². The average Bonchev–Trinajstić information content (AvgIpc) is 2.17. The van der Waals surface area contributed by atoms with Crippen LogP contribution >= 0.6 is 0 Å². The highest BCUT2D eigenvalue weighted by molar-refractivity contribution is 5.87. The first-order valence-electron chi connectivity index (χ1n) is 4.80. The van der Waals surface area contributed by atoms with Gasteiger partial charge in [-0.2, -0.15) is 4.98 Å². The van der Waals surface area contributed by atoms with Gasteiger partial charge in [0.1, 0.15) is 0 Å². The summed E-state index contributed by atoms with van der Waals surface area (Å²) in [6, 6.07) is 1.68. The highest BCUT2D eigenvalue weighted by atomic mass is 16.5. The Morgan fingerprint density at radius 2 is 2.27 bits per heavy atom. The molecular weight excluding hydrogens is 196 g/mol. The summed E-state index contributed by atoms with van der Waals surface area (Å²) < 4.78 is 10.1. The Bertz CT molecular complexity index is 339. The van der Waals surface area contributed by atoms with E-state index in [1.807, 2.05) is 13.8 Å². The Kier molecular flexibility index (Phi) is 4.03. The molecule has 0 spiro atoms. The molecule has 5 nitrogen and oxygen atoms in total. The van der Waals surface area contributed by atoms with Gasteiger partial charge in [-0.05, 0) is 26.8 Å². The van der Waals surface area contributed by atoms with Crippen molar-refractivity contribution in [1.82, 2.24) is 9.97 Å². The topological polar surface area (TPSA) is 61.3 Å². The number of esters is 1. The van der Waals surface area contributed by atoms with Crippen LogP contribution in [0.4, 0.5) is 0 Å². The second kappa shape index (κ2) is 5.29. The van der Waals surface area contributed by atoms with Crippen LogP contribution in [0.3, 0.4) is 0 Å². The number of nitrogens with zero attached hydrogens (tertiary/aromatic N) is 2. The summed E-state index contributed by atoms with van der Waals surface area (Å²) in [7, 11) is 0. The van der Waals surface area contributed by atoms with E-state index in [-0.39, 0.29) is 17.8 Å². The van der Waals surface area contributed by atoms with E-state index < -0.39 is 5.97 Å². The molecule has 82 valence electrons. The Labute approximate surface area is 88.4 Å². The van der Waals surface area contributed by atoms with Crippen LogP contribution in [-0.4, -0.2) is 28.6 Å². The molecule has 15 heavy (non-hydrogen) atoms. The maximum absolute atomic E-state index is 11.3. The van der Waals surface area contributed by atoms with Gasteiger partial charge in [0.2, 0.25) is 0 Å². The number of hydrogen-bond donors (Lipinski definition) is 0. The highest BCUT2D eigenvalue weighted by Gasteiger charge is 2.10. The highest BCUT2D eigenvalue weighted by Crippen LogP contribution is 2.06. The van der Waals surface area contributed by atoms with Crippen molar-refractivity contribution in [1.29, 1.82) is 0 Å². The van der Waals surface area contributed by atoms with Crippen LogP contribution in [0.25, 0.3) is 0 Å². The Morgan fingerprint density at radius 3 is 2.87 bits per heavy atom. The third-order valence-electron chi connectivity index (χ3n) is 1.46. The molecule has 0 aromatic carbocycles. The number of rotatable bonds is 4. The Hall–Kier alpha value is -1.65. The number of carbonyl (C=O) groups excluding carboxylic acids is 1. The quantitative estimate of drug-likeness (QED) is 0.704. The lowest BCUT2D eigenvalue weighted by Gasteiger charge is -2.07. The zero-order valence-corrected chi connectivity index (χ0v) is 9.06. The van der Waals surface area contributed by atoms with Gasteiger partial charge >= 0.3 is 12.0 Å². The molecule has 1 aromatic heterocycles. The first kappa shape index (κ1) is 11.4. The van der Waals surface area contributed by atoms with E-state index in [1.165, 1.54) is 12.3 Å². The van der Waals surface area contributed by atoms with Gasteiger partial charge in [-0.25, -0.2) is 9.78 Å². The molecule has 5 heteroatoms. The Balaban J connectivity index is 2.78. The maximum atomic E-state index is 11.3. The molecule has 0 bridgehead atoms. The summed E-state index contributed by atoms with van der Waals surface area (Å²) in [6.07, 6.45) is 1.44. The molecule has 0 amide bonds. The fourth-order valence-corrected chi connectivity index (χ4v) is 0.927. The molecule has 1 aromatic rings. The summed E-state index contributed by atoms with van der Waals surface area (Å²) in [5, 5.41) is 0. The largest absolute Gasteiger partial charge is 0.461 e. The predicted molar refractivity (Wildman–Crippen MR) is 53.8 cm³/mol. The van der Waals surface area contributed by atoms with Gasteiger partial charge in [0.25, 0.3) is 0 Å². The van der Waals surface area contributed by atoms with Crippen LogP contribution in [0.2, 0.25) is 0 Å². The Morgan fingerprint density at radius 1 is 1.53 bits per heavy atom. The van der Waals surface area contributed by atoms with Crippen LogP contribution in [-0.2, 0) is 4.74 Å². The molecule has 0 aliphatic heterocycles. The SMILES string of the molecule is CCOC(=O)c1ccnc(OC(C)C)n1. The molecule has 0 aliphatic rings. The number of aromatic nitrogens is 2. The summed E-state index contributed by atoms with van der Waals surface area (Å²) >= 11 is 0. The summed E-state index contributed by atoms with van der Waals surface area (Å²) in [4.78, 5) is 19.1. The molecule has 1 heterocycles. The van der Waals surface area contributed by atoms with Crippen LogP contribution in [0.15, 0.2) is 12.3 Å². The van der Waals surface area contributed by atoms with Gasteiger partial charge in [0.05, 0.1) is 12.7 Å². The fraction of sp³-hybridized carbons (Fsp3) is 0.500. The molecule has 0 aliphatic carbocycles. The van der Waals surface area contributed by atoms with Gasteiger partial charge in [0, 0.05) is 6.20 Å². The lowest BCUT2D eigenvalue weighted by molar-refractivity contribution is 0.0517. The lowest BCUT2D eigenvalue weighted by atomic mass is 10.4. The number of carbonyl (C=O) groups is 1. The van der Waals surface area contributed by atoms with E-state index in [9.17, 15) is 4.79 Å². The fourth-order valence-electron chi connectivity index (χ4n) is 0.927. The minimum atomic E-state index is -0.464. The maximum Gasteiger partial charge on any atom is 0.357 e. The lowest BCUT2D eigenvalue weighted by Crippen LogP contribution is -2.12. The van der Waals surface area contributed by atoms with Crippen molar-refractivity contribution in [2.45, 2.75) is 26.9 Å². The molecule has 0 radical (unpaired) electrons. The molecule has 0 fully saturated rings. The minimum absolute atomic E-state index is 0.0255. The van der Waals surface area contributed by atoms with Crippen LogP contribution < -0.4 is 4.74 Å². The summed E-state index contributed by atoms with van der Waals surface area (Å²) in [5.74, 6) is -0.464. The van der Waals surface area contributed by atoms with Crippen molar-refractivity contribution in [3.63, 3.8) is 0 Å². The molecule has 0 N–H and O–H groups in total. The first-order valence-corrected chi connectivity index (χ1v) is 4.80. The molecule has 0 saturated heterocycles. The zero-order valence-electron chi connectivity index (χ0n) is 9.06. The third-order valence-corrected chi connectivity index (χ3v) is 1.46. The molecule has 0 unspecified atom stereocenters. The van der Waals surface area contributed by atoms with Crippen LogP contribution in [0.5, 0.6) is 6.01 Å². The van der Waals surface area contributed by atoms with E-state index in [1.54, 1.807) is 6.92 Å². The minimum Gasteiger partial charge on any atom is -0.461 e. The van der Waals surface area contributed by atoms with Crippen molar-refractivity contribution in [3.05, 3.63) is 18.0 Å².